The molecule has 3 aromatic rings. The van der Waals surface area contributed by atoms with Crippen LogP contribution >= 0.6 is 0 Å². The lowest BCUT2D eigenvalue weighted by Crippen LogP contribution is -1.87. The predicted molar refractivity (Wildman–Crippen MR) is 72.8 cm³/mol. The van der Waals surface area contributed by atoms with Crippen molar-refractivity contribution in [2.75, 3.05) is 0 Å². The van der Waals surface area contributed by atoms with E-state index in [0.717, 1.165) is 12.1 Å². The van der Waals surface area contributed by atoms with E-state index in [4.69, 9.17) is 4.42 Å². The van der Waals surface area contributed by atoms with Gasteiger partial charge >= 0.3 is 0 Å². The molecule has 0 saturated heterocycles. The first kappa shape index (κ1) is 13.2. The number of furan rings is 1. The van der Waals surface area contributed by atoms with Crippen LogP contribution in [-0.2, 0) is 0 Å². The molecule has 5 heteroatoms. The van der Waals surface area contributed by atoms with Crippen molar-refractivity contribution in [2.45, 2.75) is 0 Å². The topological polar surface area (TPSA) is 53.6 Å². The molecule has 0 bridgehead atoms. The van der Waals surface area contributed by atoms with Crippen molar-refractivity contribution in [3.63, 3.8) is 0 Å². The van der Waals surface area contributed by atoms with Crippen molar-refractivity contribution in [1.29, 1.82) is 0 Å². The van der Waals surface area contributed by atoms with Gasteiger partial charge < -0.3 is 14.6 Å². The SMILES string of the molecule is Oc1ccc(-c2cocc2-c2ccc(O)cc2F)c(F)c1. The summed E-state index contributed by atoms with van der Waals surface area (Å²) in [5.74, 6) is -1.68. The Morgan fingerprint density at radius 1 is 0.667 bits per heavy atom. The highest BCUT2D eigenvalue weighted by Gasteiger charge is 2.17. The average molecular weight is 288 g/mol. The summed E-state index contributed by atoms with van der Waals surface area (Å²) in [7, 11) is 0. The van der Waals surface area contributed by atoms with Gasteiger partial charge in [0.05, 0.1) is 12.5 Å². The lowest BCUT2D eigenvalue weighted by atomic mass is 9.98. The fourth-order valence-corrected chi connectivity index (χ4v) is 2.16. The van der Waals surface area contributed by atoms with Gasteiger partial charge in [-0.1, -0.05) is 0 Å². The molecule has 0 aliphatic rings. The first-order valence-corrected chi connectivity index (χ1v) is 6.10. The lowest BCUT2D eigenvalue weighted by Gasteiger charge is -2.06. The maximum Gasteiger partial charge on any atom is 0.134 e. The number of hydrogen-bond donors (Lipinski definition) is 2. The fraction of sp³-hybridized carbons (Fsp3) is 0. The Balaban J connectivity index is 2.17. The molecule has 0 fully saturated rings. The molecule has 2 N–H and O–H groups in total. The monoisotopic (exact) mass is 288 g/mol. The summed E-state index contributed by atoms with van der Waals surface area (Å²) in [4.78, 5) is 0. The third-order valence-electron chi connectivity index (χ3n) is 3.15. The van der Waals surface area contributed by atoms with Crippen LogP contribution in [0.2, 0.25) is 0 Å². The number of benzene rings is 2. The Bertz CT molecular complexity index is 743. The van der Waals surface area contributed by atoms with Crippen LogP contribution in [0.4, 0.5) is 8.78 Å². The van der Waals surface area contributed by atoms with Gasteiger partial charge in [0.15, 0.2) is 0 Å². The van der Waals surface area contributed by atoms with E-state index < -0.39 is 11.6 Å². The standard InChI is InChI=1S/C16H10F2O3/c17-15-5-9(19)1-3-11(15)13-7-21-8-14(13)12-4-2-10(20)6-16(12)18/h1-8,19-20H. The van der Waals surface area contributed by atoms with E-state index in [2.05, 4.69) is 0 Å². The second kappa shape index (κ2) is 4.94. The van der Waals surface area contributed by atoms with Crippen LogP contribution in [0.1, 0.15) is 0 Å². The van der Waals surface area contributed by atoms with Gasteiger partial charge in [-0.2, -0.15) is 0 Å². The molecule has 3 rings (SSSR count). The van der Waals surface area contributed by atoms with Crippen LogP contribution in [0.5, 0.6) is 11.5 Å². The Hall–Kier alpha value is -2.82. The van der Waals surface area contributed by atoms with Gasteiger partial charge in [0.2, 0.25) is 0 Å². The first-order chi connectivity index (χ1) is 10.1. The van der Waals surface area contributed by atoms with E-state index in [9.17, 15) is 19.0 Å². The summed E-state index contributed by atoms with van der Waals surface area (Å²) in [5, 5.41) is 18.5. The summed E-state index contributed by atoms with van der Waals surface area (Å²) in [6, 6.07) is 7.39. The maximum absolute atomic E-state index is 13.9. The van der Waals surface area contributed by atoms with Gasteiger partial charge in [0, 0.05) is 34.4 Å². The lowest BCUT2D eigenvalue weighted by molar-refractivity contribution is 0.468. The third-order valence-corrected chi connectivity index (χ3v) is 3.15. The molecule has 0 aliphatic heterocycles. The molecular weight excluding hydrogens is 278 g/mol. The molecule has 1 aromatic heterocycles. The van der Waals surface area contributed by atoms with Gasteiger partial charge in [-0.25, -0.2) is 8.78 Å². The van der Waals surface area contributed by atoms with Crippen molar-refractivity contribution >= 4 is 0 Å². The fourth-order valence-electron chi connectivity index (χ4n) is 2.16. The Morgan fingerprint density at radius 2 is 1.10 bits per heavy atom. The molecule has 21 heavy (non-hydrogen) atoms. The minimum absolute atomic E-state index is 0.184. The van der Waals surface area contributed by atoms with Crippen LogP contribution in [-0.4, -0.2) is 10.2 Å². The molecule has 0 radical (unpaired) electrons. The van der Waals surface area contributed by atoms with E-state index in [1.807, 2.05) is 0 Å². The Labute approximate surface area is 118 Å². The van der Waals surface area contributed by atoms with E-state index in [-0.39, 0.29) is 22.6 Å². The Morgan fingerprint density at radius 3 is 1.48 bits per heavy atom. The molecule has 0 aliphatic carbocycles. The summed E-state index contributed by atoms with van der Waals surface area (Å²) in [6.07, 6.45) is 2.61. The number of phenolic OH excluding ortho intramolecular Hbond substituents is 2. The summed E-state index contributed by atoms with van der Waals surface area (Å²) < 4.78 is 32.9. The molecule has 0 atom stereocenters. The zero-order chi connectivity index (χ0) is 15.0. The van der Waals surface area contributed by atoms with E-state index in [1.165, 1.54) is 36.8 Å². The van der Waals surface area contributed by atoms with Crippen LogP contribution in [0, 0.1) is 11.6 Å². The first-order valence-electron chi connectivity index (χ1n) is 6.10. The van der Waals surface area contributed by atoms with Crippen molar-refractivity contribution in [3.8, 4) is 33.8 Å². The summed E-state index contributed by atoms with van der Waals surface area (Å²) >= 11 is 0. The normalized spacial score (nSPS) is 10.8. The second-order valence-electron chi connectivity index (χ2n) is 4.53. The quantitative estimate of drug-likeness (QED) is 0.739. The van der Waals surface area contributed by atoms with Crippen LogP contribution in [0.15, 0.2) is 53.3 Å². The average Bonchev–Trinajstić information content (AvgIpc) is 2.87. The number of hydrogen-bond acceptors (Lipinski definition) is 3. The molecule has 0 unspecified atom stereocenters. The van der Waals surface area contributed by atoms with E-state index >= 15 is 0 Å². The predicted octanol–water partition coefficient (Wildman–Crippen LogP) is 4.30. The highest BCUT2D eigenvalue weighted by molar-refractivity contribution is 5.83. The van der Waals surface area contributed by atoms with E-state index in [0.29, 0.717) is 11.1 Å². The molecule has 0 spiro atoms. The minimum atomic E-state index is -0.642. The van der Waals surface area contributed by atoms with Crippen molar-refractivity contribution < 1.29 is 23.4 Å². The van der Waals surface area contributed by atoms with E-state index in [1.54, 1.807) is 0 Å². The second-order valence-corrected chi connectivity index (χ2v) is 4.53. The number of halogens is 2. The highest BCUT2D eigenvalue weighted by atomic mass is 19.1. The largest absolute Gasteiger partial charge is 0.508 e. The van der Waals surface area contributed by atoms with Gasteiger partial charge in [0.25, 0.3) is 0 Å². The molecule has 2 aromatic carbocycles. The van der Waals surface area contributed by atoms with Crippen molar-refractivity contribution in [1.82, 2.24) is 0 Å². The van der Waals surface area contributed by atoms with Gasteiger partial charge in [-0.15, -0.1) is 0 Å². The van der Waals surface area contributed by atoms with Crippen molar-refractivity contribution in [3.05, 3.63) is 60.6 Å². The highest BCUT2D eigenvalue weighted by Crippen LogP contribution is 2.37. The summed E-state index contributed by atoms with van der Waals surface area (Å²) in [5.41, 5.74) is 1.09. The third kappa shape index (κ3) is 2.33. The maximum atomic E-state index is 13.9. The summed E-state index contributed by atoms with van der Waals surface area (Å²) in [6.45, 7) is 0. The van der Waals surface area contributed by atoms with Gasteiger partial charge in [-0.05, 0) is 24.3 Å². The zero-order valence-corrected chi connectivity index (χ0v) is 10.7. The molecule has 0 amide bonds. The number of rotatable bonds is 2. The van der Waals surface area contributed by atoms with Crippen LogP contribution < -0.4 is 0 Å². The van der Waals surface area contributed by atoms with Crippen molar-refractivity contribution in [2.24, 2.45) is 0 Å². The van der Waals surface area contributed by atoms with Crippen LogP contribution in [0.3, 0.4) is 0 Å². The number of aromatic hydroxyl groups is 2. The van der Waals surface area contributed by atoms with Crippen LogP contribution in [0.25, 0.3) is 22.3 Å². The minimum Gasteiger partial charge on any atom is -0.508 e. The molecule has 106 valence electrons. The molecule has 3 nitrogen and oxygen atoms in total. The van der Waals surface area contributed by atoms with Gasteiger partial charge in [0.1, 0.15) is 23.1 Å². The molecule has 0 saturated carbocycles. The molecule has 1 heterocycles. The number of phenols is 2. The Kier molecular flexibility index (Phi) is 3.10. The molecular formula is C16H10F2O3. The smallest absolute Gasteiger partial charge is 0.134 e. The van der Waals surface area contributed by atoms with Gasteiger partial charge in [-0.3, -0.25) is 0 Å². The zero-order valence-electron chi connectivity index (χ0n) is 10.7.